The summed E-state index contributed by atoms with van der Waals surface area (Å²) in [6.07, 6.45) is -7.20. The van der Waals surface area contributed by atoms with Gasteiger partial charge in [0, 0.05) is 37.9 Å². The van der Waals surface area contributed by atoms with Gasteiger partial charge in [-0.2, -0.15) is 31.6 Å². The molecule has 0 bridgehead atoms. The number of alkyl halides is 6. The second-order valence-corrected chi connectivity index (χ2v) is 9.90. The lowest BCUT2D eigenvalue weighted by molar-refractivity contribution is -0.140. The normalized spacial score (nSPS) is 20.6. The van der Waals surface area contributed by atoms with Gasteiger partial charge in [0.05, 0.1) is 23.3 Å². The molecule has 3 N–H and O–H groups in total. The number of anilines is 1. The van der Waals surface area contributed by atoms with Gasteiger partial charge in [0.15, 0.2) is 10.2 Å². The van der Waals surface area contributed by atoms with Crippen LogP contribution in [-0.4, -0.2) is 77.0 Å². The highest BCUT2D eigenvalue weighted by atomic mass is 32.2. The molecule has 1 heterocycles. The van der Waals surface area contributed by atoms with Crippen LogP contribution in [0.2, 0.25) is 0 Å². The number of benzene rings is 1. The first-order chi connectivity index (χ1) is 17.8. The molecular weight excluding hydrogens is 538 g/mol. The third-order valence-corrected chi connectivity index (χ3v) is 7.20. The minimum Gasteiger partial charge on any atom is -0.382 e. The molecule has 0 aromatic heterocycles. The van der Waals surface area contributed by atoms with Crippen LogP contribution in [0.15, 0.2) is 18.2 Å². The number of thioether (sulfide) groups is 1. The molecule has 1 saturated heterocycles. The fourth-order valence-corrected chi connectivity index (χ4v) is 4.85. The van der Waals surface area contributed by atoms with Crippen LogP contribution in [0.5, 0.6) is 0 Å². The van der Waals surface area contributed by atoms with Gasteiger partial charge in [-0.15, -0.1) is 0 Å². The van der Waals surface area contributed by atoms with E-state index in [2.05, 4.69) is 5.32 Å². The highest BCUT2D eigenvalue weighted by molar-refractivity contribution is 8.26. The van der Waals surface area contributed by atoms with E-state index in [0.29, 0.717) is 25.7 Å². The molecule has 3 rings (SSSR count). The van der Waals surface area contributed by atoms with E-state index in [4.69, 9.17) is 20.8 Å². The van der Waals surface area contributed by atoms with Gasteiger partial charge in [0.25, 0.3) is 0 Å². The minimum atomic E-state index is -4.80. The lowest BCUT2D eigenvalue weighted by Gasteiger charge is -2.36. The predicted octanol–water partition coefficient (Wildman–Crippen LogP) is 4.67. The summed E-state index contributed by atoms with van der Waals surface area (Å²) >= 11 is 0.0270. The van der Waals surface area contributed by atoms with Crippen molar-refractivity contribution in [1.82, 2.24) is 9.80 Å². The first kappa shape index (κ1) is 29.6. The summed E-state index contributed by atoms with van der Waals surface area (Å²) in [6, 6.07) is 4.98. The summed E-state index contributed by atoms with van der Waals surface area (Å²) < 4.78 is 82.8. The molecule has 2 fully saturated rings. The maximum Gasteiger partial charge on any atom is 0.439 e. The number of piperazine rings is 1. The van der Waals surface area contributed by atoms with Crippen molar-refractivity contribution in [3.63, 3.8) is 0 Å². The Balaban J connectivity index is 1.38. The van der Waals surface area contributed by atoms with E-state index in [1.807, 2.05) is 0 Å². The molecule has 1 saturated carbocycles. The summed E-state index contributed by atoms with van der Waals surface area (Å²) in [4.78, 5) is 15.4. The topological polar surface area (TPSA) is 116 Å². The number of amides is 1. The quantitative estimate of drug-likeness (QED) is 0.272. The molecule has 0 radical (unpaired) electrons. The van der Waals surface area contributed by atoms with Crippen molar-refractivity contribution in [3.05, 3.63) is 29.3 Å². The molecule has 1 amide bonds. The second-order valence-electron chi connectivity index (χ2n) is 8.90. The molecule has 0 unspecified atom stereocenters. The Bertz CT molecular complexity index is 1070. The van der Waals surface area contributed by atoms with Crippen LogP contribution in [0.25, 0.3) is 0 Å². The van der Waals surface area contributed by atoms with Gasteiger partial charge in [-0.3, -0.25) is 15.6 Å². The van der Waals surface area contributed by atoms with Gasteiger partial charge in [-0.25, -0.2) is 0 Å². The van der Waals surface area contributed by atoms with Crippen molar-refractivity contribution in [1.29, 1.82) is 16.1 Å². The molecule has 8 nitrogen and oxygen atoms in total. The zero-order valence-electron chi connectivity index (χ0n) is 20.1. The summed E-state index contributed by atoms with van der Waals surface area (Å²) in [6.45, 7) is 0.602. The first-order valence-electron chi connectivity index (χ1n) is 11.7. The average Bonchev–Trinajstić information content (AvgIpc) is 2.87. The maximum atomic E-state index is 13.2. The van der Waals surface area contributed by atoms with E-state index in [1.165, 1.54) is 15.9 Å². The summed E-state index contributed by atoms with van der Waals surface area (Å²) in [5.41, 5.74) is -1.15. The van der Waals surface area contributed by atoms with Crippen molar-refractivity contribution in [3.8, 4) is 6.07 Å². The Morgan fingerprint density at radius 2 is 1.66 bits per heavy atom. The van der Waals surface area contributed by atoms with Crippen molar-refractivity contribution in [2.24, 2.45) is 0 Å². The van der Waals surface area contributed by atoms with Gasteiger partial charge >= 0.3 is 12.4 Å². The van der Waals surface area contributed by atoms with Gasteiger partial charge in [0.1, 0.15) is 6.61 Å². The third-order valence-electron chi connectivity index (χ3n) is 6.31. The Morgan fingerprint density at radius 1 is 1.05 bits per heavy atom. The fraction of sp³-hybridized carbons (Fsp3) is 0.565. The molecule has 38 heavy (non-hydrogen) atoms. The number of nitrogens with zero attached hydrogens (tertiary/aromatic N) is 3. The Kier molecular flexibility index (Phi) is 9.53. The second kappa shape index (κ2) is 12.2. The molecular formula is C23H26F6N6O2S. The molecule has 1 aromatic carbocycles. The number of carbonyl (C=O) groups excluding carboxylic acids is 1. The SMILES string of the molecule is N#Cc1ccc(NC2CCC(OCC(=O)N3CCN(C(=N)SC(=N)C(F)(F)F)CC3)CC2)cc1C(F)(F)F. The zero-order chi connectivity index (χ0) is 28.1. The van der Waals surface area contributed by atoms with Crippen LogP contribution < -0.4 is 5.32 Å². The van der Waals surface area contributed by atoms with Crippen LogP contribution in [0.1, 0.15) is 36.8 Å². The van der Waals surface area contributed by atoms with Crippen LogP contribution in [-0.2, 0) is 15.7 Å². The van der Waals surface area contributed by atoms with Crippen LogP contribution in [0.3, 0.4) is 0 Å². The smallest absolute Gasteiger partial charge is 0.382 e. The van der Waals surface area contributed by atoms with E-state index in [-0.39, 0.29) is 68.3 Å². The number of ether oxygens (including phenoxy) is 1. The number of amidine groups is 1. The largest absolute Gasteiger partial charge is 0.439 e. The summed E-state index contributed by atoms with van der Waals surface area (Å²) in [5.74, 6) is -0.274. The number of hydrogen-bond donors (Lipinski definition) is 3. The number of carbonyl (C=O) groups is 1. The third kappa shape index (κ3) is 8.00. The van der Waals surface area contributed by atoms with Crippen molar-refractivity contribution in [2.75, 3.05) is 38.1 Å². The van der Waals surface area contributed by atoms with Crippen LogP contribution >= 0.6 is 11.8 Å². The zero-order valence-corrected chi connectivity index (χ0v) is 20.9. The highest BCUT2D eigenvalue weighted by Gasteiger charge is 2.37. The summed E-state index contributed by atoms with van der Waals surface area (Å²) in [5, 5.41) is 24.8. The van der Waals surface area contributed by atoms with Crippen molar-refractivity contribution < 1.29 is 35.9 Å². The van der Waals surface area contributed by atoms with E-state index >= 15 is 0 Å². The molecule has 0 spiro atoms. The number of halogens is 6. The molecule has 15 heteroatoms. The lowest BCUT2D eigenvalue weighted by Crippen LogP contribution is -2.51. The molecule has 2 aliphatic rings. The number of rotatable bonds is 5. The average molecular weight is 565 g/mol. The molecule has 1 aromatic rings. The van der Waals surface area contributed by atoms with Gasteiger partial charge in [0.2, 0.25) is 5.91 Å². The Hall–Kier alpha value is -2.99. The monoisotopic (exact) mass is 564 g/mol. The van der Waals surface area contributed by atoms with E-state index in [9.17, 15) is 31.1 Å². The maximum absolute atomic E-state index is 13.2. The van der Waals surface area contributed by atoms with E-state index in [0.717, 1.165) is 12.1 Å². The summed E-state index contributed by atoms with van der Waals surface area (Å²) in [7, 11) is 0. The van der Waals surface area contributed by atoms with Gasteiger partial charge in [-0.1, -0.05) is 0 Å². The molecule has 1 aliphatic heterocycles. The number of nitrogens with one attached hydrogen (secondary N) is 3. The van der Waals surface area contributed by atoms with E-state index < -0.39 is 33.7 Å². The molecule has 208 valence electrons. The van der Waals surface area contributed by atoms with E-state index in [1.54, 1.807) is 6.07 Å². The van der Waals surface area contributed by atoms with Crippen molar-refractivity contribution >= 4 is 33.6 Å². The molecule has 0 atom stereocenters. The standard InChI is InChI=1S/C23H26F6N6O2S/c24-22(25,26)18-11-16(2-1-14(18)12-30)33-15-3-5-17(6-4-15)37-13-19(36)34-7-9-35(10-8-34)21(32)38-20(31)23(27,28)29/h1-2,11,15,17,31-33H,3-10,13H2. The number of nitriles is 1. The van der Waals surface area contributed by atoms with Crippen LogP contribution in [0, 0.1) is 22.1 Å². The lowest BCUT2D eigenvalue weighted by atomic mass is 9.92. The Morgan fingerprint density at radius 3 is 2.21 bits per heavy atom. The molecule has 1 aliphatic carbocycles. The van der Waals surface area contributed by atoms with Gasteiger partial charge in [-0.05, 0) is 55.6 Å². The van der Waals surface area contributed by atoms with Crippen molar-refractivity contribution in [2.45, 2.75) is 50.2 Å². The first-order valence-corrected chi connectivity index (χ1v) is 12.5. The number of hydrogen-bond acceptors (Lipinski definition) is 7. The fourth-order valence-electron chi connectivity index (χ4n) is 4.23. The minimum absolute atomic E-state index is 0.0270. The highest BCUT2D eigenvalue weighted by Crippen LogP contribution is 2.34. The Labute approximate surface area is 219 Å². The van der Waals surface area contributed by atoms with Crippen LogP contribution in [0.4, 0.5) is 32.0 Å². The van der Waals surface area contributed by atoms with Gasteiger partial charge < -0.3 is 19.9 Å². The predicted molar refractivity (Wildman–Crippen MR) is 129 cm³/mol.